The second-order valence-corrected chi connectivity index (χ2v) is 37.7. The van der Waals surface area contributed by atoms with Crippen molar-refractivity contribution in [2.75, 3.05) is 251 Å². The first-order valence-corrected chi connectivity index (χ1v) is 42.3. The maximum atomic E-state index is 6.82. The molecule has 2 aromatic rings. The fourth-order valence-corrected chi connectivity index (χ4v) is 19.9. The Morgan fingerprint density at radius 2 is 0.404 bits per heavy atom. The van der Waals surface area contributed by atoms with Gasteiger partial charge in [0.1, 0.15) is 24.7 Å². The molecule has 0 unspecified atom stereocenters. The molecule has 0 aliphatic heterocycles. The molecule has 21 nitrogen and oxygen atoms in total. The molecule has 0 amide bonds. The number of rotatable bonds is 70. The van der Waals surface area contributed by atoms with Crippen molar-refractivity contribution in [1.82, 2.24) is 0 Å². The van der Waals surface area contributed by atoms with Gasteiger partial charge in [0.05, 0.1) is 225 Å². The van der Waals surface area contributed by atoms with Crippen molar-refractivity contribution in [1.29, 1.82) is 0 Å². The van der Waals surface area contributed by atoms with Crippen molar-refractivity contribution >= 4 is 25.0 Å². The Kier molecular flexibility index (Phi) is 62.7. The van der Waals surface area contributed by atoms with Gasteiger partial charge in [-0.1, -0.05) is 102 Å². The van der Waals surface area contributed by atoms with E-state index in [1.807, 2.05) is 24.3 Å². The zero-order valence-electron chi connectivity index (χ0n) is 64.3. The van der Waals surface area contributed by atoms with Gasteiger partial charge in [-0.3, -0.25) is 0 Å². The Balaban J connectivity index is 0.0000480. The average Bonchev–Trinajstić information content (AvgIpc) is 0.842. The second kappa shape index (κ2) is 62.8. The number of benzene rings is 2. The molecule has 0 aromatic heterocycles. The summed E-state index contributed by atoms with van der Waals surface area (Å²) in [5.41, 5.74) is 3.43. The largest absolute Gasteiger partial charge is 1.00 e. The van der Waals surface area contributed by atoms with Crippen LogP contribution in [0.15, 0.2) is 48.5 Å². The van der Waals surface area contributed by atoms with Gasteiger partial charge in [0, 0.05) is 13.2 Å². The molecule has 0 atom stereocenters. The van der Waals surface area contributed by atoms with Crippen LogP contribution in [0.25, 0.3) is 0 Å². The summed E-state index contributed by atoms with van der Waals surface area (Å²) in [6, 6.07) is 19.0. The van der Waals surface area contributed by atoms with Gasteiger partial charge < -0.3 is 98.9 Å². The molecule has 99 heavy (non-hydrogen) atoms. The molecule has 0 fully saturated rings. The van der Waals surface area contributed by atoms with Gasteiger partial charge in [0.15, 0.2) is 16.6 Å². The van der Waals surface area contributed by atoms with Gasteiger partial charge in [-0.2, -0.15) is 0 Å². The molecule has 0 aliphatic rings. The first-order valence-electron chi connectivity index (χ1n) is 36.1. The summed E-state index contributed by atoms with van der Waals surface area (Å²) in [5, 5.41) is 0. The van der Waals surface area contributed by atoms with Crippen LogP contribution in [0.2, 0.25) is 38.3 Å². The summed E-state index contributed by atoms with van der Waals surface area (Å²) < 4.78 is 120. The quantitative estimate of drug-likeness (QED) is 0.0463. The minimum absolute atomic E-state index is 0. The molecule has 2 aromatic carbocycles. The first kappa shape index (κ1) is 98.8. The van der Waals surface area contributed by atoms with E-state index in [2.05, 4.69) is 120 Å². The minimum atomic E-state index is -1.81. The Labute approximate surface area is 663 Å². The molecule has 576 valence electrons. The summed E-state index contributed by atoms with van der Waals surface area (Å²) >= 11 is 0. The third-order valence-corrected chi connectivity index (χ3v) is 22.4. The third kappa shape index (κ3) is 62.6. The molecule has 0 bridgehead atoms. The van der Waals surface area contributed by atoms with E-state index in [4.69, 9.17) is 98.9 Å². The summed E-state index contributed by atoms with van der Waals surface area (Å²) in [7, 11) is -3.61. The van der Waals surface area contributed by atoms with Gasteiger partial charge in [-0.05, 0) is 121 Å². The van der Waals surface area contributed by atoms with Crippen molar-refractivity contribution in [3.05, 3.63) is 59.7 Å². The van der Waals surface area contributed by atoms with E-state index in [1.54, 1.807) is 0 Å². The van der Waals surface area contributed by atoms with E-state index in [0.29, 0.717) is 251 Å². The van der Waals surface area contributed by atoms with E-state index in [9.17, 15) is 0 Å². The summed E-state index contributed by atoms with van der Waals surface area (Å²) in [6.07, 6.45) is 4.20. The number of ether oxygens (including phenoxy) is 20. The molecule has 2 rings (SSSR count). The molecule has 0 N–H and O–H groups in total. The van der Waals surface area contributed by atoms with E-state index in [-0.39, 0.29) is 99.0 Å². The van der Waals surface area contributed by atoms with E-state index in [1.165, 1.54) is 11.1 Å². The standard InChI is InChI=1S/C74H138O21Si2.BH4.Cs/c1-71(2,3)65-73(7,8)67-17-21-69(22-18-67)93-61-59-91-57-55-89-53-51-87-49-47-85-45-43-83-41-39-81-37-35-79-33-31-77-29-27-75-25-15-63-96(11,12)95-97(13,14)64-16-26-76-28-30-78-32-34-80-36-38-82-40-42-84-44-46-86-48-50-88-52-54-90-56-58-92-60-62-94-70-23-19-68(20-24-70)74(9,10)66-72(4,5)6;;/h17-24H,15-16,25-66H2,1-14H3;1H4;/q;-1;+1. The van der Waals surface area contributed by atoms with Crippen LogP contribution < -0.4 is 78.4 Å². The molecule has 0 spiro atoms. The van der Waals surface area contributed by atoms with Crippen molar-refractivity contribution < 1.29 is 168 Å². The molecular weight excluding hydrogens is 1420 g/mol. The smallest absolute Gasteiger partial charge is 0.491 e. The molecule has 0 radical (unpaired) electrons. The fraction of sp³-hybridized carbons (Fsp3) is 0.838. The average molecular weight is 1570 g/mol. The van der Waals surface area contributed by atoms with Crippen LogP contribution in [0.5, 0.6) is 11.5 Å². The van der Waals surface area contributed by atoms with Crippen LogP contribution in [-0.2, 0) is 100 Å². The molecule has 0 heterocycles. The van der Waals surface area contributed by atoms with E-state index < -0.39 is 16.6 Å². The topological polar surface area (TPSA) is 194 Å². The van der Waals surface area contributed by atoms with Crippen molar-refractivity contribution in [3.63, 3.8) is 0 Å². The summed E-state index contributed by atoms with van der Waals surface area (Å²) in [6.45, 7) is 52.0. The SMILES string of the molecule is CC(C)(C)CC(C)(C)c1ccc(OCCOCCOCCOCCOCCOCCOCCOCCOCCOCCC[Si](C)(C)O[Si](C)(C)CCCOCCOCCOCCOCCOCCOCCOCCOCCOCCOc2ccc(C(C)(C)CC(C)(C)C)cc2)cc1.[BH4-].[Cs+]. The van der Waals surface area contributed by atoms with Crippen molar-refractivity contribution in [2.24, 2.45) is 10.8 Å². The minimum Gasteiger partial charge on any atom is -0.491 e. The molecule has 0 saturated carbocycles. The van der Waals surface area contributed by atoms with Crippen LogP contribution in [0.3, 0.4) is 0 Å². The van der Waals surface area contributed by atoms with Gasteiger partial charge in [-0.15, -0.1) is 0 Å². The second-order valence-electron chi connectivity index (χ2n) is 28.8. The van der Waals surface area contributed by atoms with Gasteiger partial charge in [0.2, 0.25) is 0 Å². The zero-order chi connectivity index (χ0) is 70.9. The van der Waals surface area contributed by atoms with Crippen molar-refractivity contribution in [3.8, 4) is 11.5 Å². The summed E-state index contributed by atoms with van der Waals surface area (Å²) in [5.74, 6) is 1.72. The van der Waals surface area contributed by atoms with E-state index in [0.717, 1.165) is 49.3 Å². The van der Waals surface area contributed by atoms with Gasteiger partial charge >= 0.3 is 68.9 Å². The van der Waals surface area contributed by atoms with E-state index >= 15 is 0 Å². The van der Waals surface area contributed by atoms with Crippen LogP contribution in [0.1, 0.15) is 106 Å². The predicted octanol–water partition coefficient (Wildman–Crippen LogP) is 7.63. The molecule has 0 aliphatic carbocycles. The molecular formula is C74H142BCsO21Si2. The fourth-order valence-electron chi connectivity index (χ4n) is 11.1. The Morgan fingerprint density at radius 1 is 0.242 bits per heavy atom. The van der Waals surface area contributed by atoms with Crippen molar-refractivity contribution in [2.45, 2.75) is 144 Å². The van der Waals surface area contributed by atoms with Crippen LogP contribution >= 0.6 is 0 Å². The van der Waals surface area contributed by atoms with Crippen LogP contribution in [-0.4, -0.2) is 276 Å². The maximum Gasteiger partial charge on any atom is 1.00 e. The predicted molar refractivity (Wildman–Crippen MR) is 399 cm³/mol. The monoisotopic (exact) mass is 1570 g/mol. The Hall–Kier alpha value is -0.169. The van der Waals surface area contributed by atoms with Gasteiger partial charge in [0.25, 0.3) is 0 Å². The van der Waals surface area contributed by atoms with Gasteiger partial charge in [-0.25, -0.2) is 0 Å². The Bertz CT molecular complexity index is 1930. The number of hydrogen-bond acceptors (Lipinski definition) is 21. The first-order chi connectivity index (χ1) is 46.5. The zero-order valence-corrected chi connectivity index (χ0v) is 72.6. The van der Waals surface area contributed by atoms with Crippen LogP contribution in [0, 0.1) is 10.8 Å². The Morgan fingerprint density at radius 3 is 0.576 bits per heavy atom. The number of hydrogen-bond donors (Lipinski definition) is 0. The summed E-state index contributed by atoms with van der Waals surface area (Å²) in [4.78, 5) is 0. The normalized spacial score (nSPS) is 12.5. The third-order valence-electron chi connectivity index (χ3n) is 14.8. The molecule has 25 heteroatoms. The van der Waals surface area contributed by atoms with Crippen LogP contribution in [0.4, 0.5) is 0 Å². The molecule has 0 saturated heterocycles. The maximum absolute atomic E-state index is 6.82.